The summed E-state index contributed by atoms with van der Waals surface area (Å²) in [6.45, 7) is 0. The zero-order valence-electron chi connectivity index (χ0n) is 19.2. The average Bonchev–Trinajstić information content (AvgIpc) is 3.04. The van der Waals surface area contributed by atoms with Crippen LogP contribution in [0, 0.1) is 39.4 Å². The van der Waals surface area contributed by atoms with Gasteiger partial charge in [-0.25, -0.2) is 0 Å². The van der Waals surface area contributed by atoms with Gasteiger partial charge in [0, 0.05) is 17.7 Å². The summed E-state index contributed by atoms with van der Waals surface area (Å²) in [5, 5.41) is 31.3. The van der Waals surface area contributed by atoms with Crippen molar-refractivity contribution in [2.45, 2.75) is 18.0 Å². The predicted octanol–water partition coefficient (Wildman–Crippen LogP) is 4.83. The second-order valence-corrected chi connectivity index (χ2v) is 8.83. The maximum Gasteiger partial charge on any atom is 0.207 e. The van der Waals surface area contributed by atoms with E-state index in [1.54, 1.807) is 35.4 Å². The highest BCUT2D eigenvalue weighted by Gasteiger charge is 2.56. The Labute approximate surface area is 209 Å². The number of hydrogen-bond donors (Lipinski definition) is 1. The third kappa shape index (κ3) is 3.27. The smallest absolute Gasteiger partial charge is 0.207 e. The van der Waals surface area contributed by atoms with E-state index in [1.807, 2.05) is 66.7 Å². The molecule has 0 amide bonds. The number of Topliss-reactive ketones (excluding diaryl/α,β-unsaturated/α-hetero) is 1. The van der Waals surface area contributed by atoms with Crippen LogP contribution in [0.3, 0.4) is 0 Å². The quantitative estimate of drug-likeness (QED) is 0.551. The lowest BCUT2D eigenvalue weighted by Crippen LogP contribution is -2.48. The molecule has 0 saturated carbocycles. The minimum atomic E-state index is -1.90. The molecule has 3 aromatic carbocycles. The number of carbonyl (C=O) groups is 1. The highest BCUT2D eigenvalue weighted by molar-refractivity contribution is 6.01. The van der Waals surface area contributed by atoms with Gasteiger partial charge in [-0.3, -0.25) is 4.79 Å². The largest absolute Gasteiger partial charge is 0.399 e. The van der Waals surface area contributed by atoms with Crippen molar-refractivity contribution in [2.24, 2.45) is 11.1 Å². The lowest BCUT2D eigenvalue weighted by Gasteiger charge is -2.44. The molecular formula is C30H21N5O. The van der Waals surface area contributed by atoms with E-state index in [1.165, 1.54) is 0 Å². The molecule has 0 saturated heterocycles. The fourth-order valence-corrected chi connectivity index (χ4v) is 5.36. The van der Waals surface area contributed by atoms with E-state index in [2.05, 4.69) is 18.2 Å². The van der Waals surface area contributed by atoms with Gasteiger partial charge in [0.1, 0.15) is 6.04 Å². The molecule has 6 nitrogen and oxygen atoms in total. The molecule has 2 aliphatic rings. The van der Waals surface area contributed by atoms with Gasteiger partial charge in [0.25, 0.3) is 0 Å². The standard InChI is InChI=1S/C30H21N5O/c31-17-24-25(21-10-3-1-4-11-21)26(27(36)22-12-5-2-6-13-22)35-16-15-20-9-7-8-14-23(20)29(35)30(18-32,19-33)28(24)34/h1-16,25-26,29H,34H2. The molecule has 5 rings (SSSR count). The number of carbonyl (C=O) groups excluding carboxylic acids is 1. The highest BCUT2D eigenvalue weighted by atomic mass is 16.1. The monoisotopic (exact) mass is 467 g/mol. The molecule has 0 aliphatic carbocycles. The lowest BCUT2D eigenvalue weighted by atomic mass is 9.73. The number of nitrogens with zero attached hydrogens (tertiary/aromatic N) is 4. The first-order chi connectivity index (χ1) is 17.6. The molecule has 3 unspecified atom stereocenters. The minimum Gasteiger partial charge on any atom is -0.399 e. The van der Waals surface area contributed by atoms with E-state index in [-0.39, 0.29) is 17.1 Å². The molecular weight excluding hydrogens is 446 g/mol. The van der Waals surface area contributed by atoms with E-state index >= 15 is 0 Å². The van der Waals surface area contributed by atoms with Crippen LogP contribution < -0.4 is 5.73 Å². The van der Waals surface area contributed by atoms with Crippen LogP contribution in [-0.2, 0) is 0 Å². The highest BCUT2D eigenvalue weighted by Crippen LogP contribution is 2.53. The maximum atomic E-state index is 14.2. The first-order valence-corrected chi connectivity index (χ1v) is 11.5. The first-order valence-electron chi connectivity index (χ1n) is 11.5. The van der Waals surface area contributed by atoms with Gasteiger partial charge in [-0.15, -0.1) is 0 Å². The van der Waals surface area contributed by atoms with E-state index in [4.69, 9.17) is 5.73 Å². The number of benzene rings is 3. The van der Waals surface area contributed by atoms with Gasteiger partial charge in [-0.2, -0.15) is 15.8 Å². The summed E-state index contributed by atoms with van der Waals surface area (Å²) in [5.74, 6) is -1.03. The van der Waals surface area contributed by atoms with Crippen molar-refractivity contribution in [2.75, 3.05) is 0 Å². The molecule has 0 spiro atoms. The van der Waals surface area contributed by atoms with E-state index in [0.717, 1.165) is 5.56 Å². The van der Waals surface area contributed by atoms with E-state index in [9.17, 15) is 20.6 Å². The Morgan fingerprint density at radius 1 is 0.861 bits per heavy atom. The molecule has 6 heteroatoms. The number of nitrogens with two attached hydrogens (primary N) is 1. The van der Waals surface area contributed by atoms with Gasteiger partial charge < -0.3 is 10.6 Å². The number of ketones is 1. The molecule has 172 valence electrons. The van der Waals surface area contributed by atoms with Crippen molar-refractivity contribution in [1.82, 2.24) is 4.90 Å². The lowest BCUT2D eigenvalue weighted by molar-refractivity contribution is 0.0770. The molecule has 3 aromatic rings. The SMILES string of the molecule is N#CC1=C(N)C(C#N)(C#N)C2c3ccccc3C=CN2C(C(=O)c2ccccc2)C1c1ccccc1. The van der Waals surface area contributed by atoms with Crippen LogP contribution in [0.4, 0.5) is 0 Å². The normalized spacial score (nSPS) is 21.7. The second kappa shape index (κ2) is 8.91. The molecule has 0 aromatic heterocycles. The Morgan fingerprint density at radius 3 is 2.11 bits per heavy atom. The Kier molecular flexibility index (Phi) is 5.61. The molecule has 2 heterocycles. The number of hydrogen-bond acceptors (Lipinski definition) is 6. The van der Waals surface area contributed by atoms with Crippen LogP contribution in [-0.4, -0.2) is 16.7 Å². The van der Waals surface area contributed by atoms with E-state index in [0.29, 0.717) is 16.7 Å². The summed E-state index contributed by atoms with van der Waals surface area (Å²) in [5.41, 5.74) is 7.35. The Bertz CT molecular complexity index is 1510. The number of rotatable bonds is 3. The fourth-order valence-electron chi connectivity index (χ4n) is 5.36. The van der Waals surface area contributed by atoms with Gasteiger partial charge >= 0.3 is 0 Å². The minimum absolute atomic E-state index is 0.0545. The zero-order chi connectivity index (χ0) is 25.3. The van der Waals surface area contributed by atoms with Crippen LogP contribution in [0.15, 0.2) is 102 Å². The summed E-state index contributed by atoms with van der Waals surface area (Å²) in [4.78, 5) is 16.0. The Balaban J connectivity index is 1.88. The van der Waals surface area contributed by atoms with Crippen LogP contribution in [0.25, 0.3) is 6.08 Å². The first kappa shape index (κ1) is 22.7. The van der Waals surface area contributed by atoms with Crippen molar-refractivity contribution < 1.29 is 4.79 Å². The van der Waals surface area contributed by atoms with Crippen LogP contribution in [0.2, 0.25) is 0 Å². The molecule has 36 heavy (non-hydrogen) atoms. The average molecular weight is 468 g/mol. The maximum absolute atomic E-state index is 14.2. The Morgan fingerprint density at radius 2 is 1.47 bits per heavy atom. The van der Waals surface area contributed by atoms with Crippen molar-refractivity contribution in [1.29, 1.82) is 15.8 Å². The topological polar surface area (TPSA) is 118 Å². The van der Waals surface area contributed by atoms with Crippen molar-refractivity contribution in [3.63, 3.8) is 0 Å². The van der Waals surface area contributed by atoms with Crippen molar-refractivity contribution >= 4 is 11.9 Å². The molecule has 0 fully saturated rings. The van der Waals surface area contributed by atoms with Crippen LogP contribution in [0.1, 0.15) is 39.0 Å². The molecule has 2 aliphatic heterocycles. The van der Waals surface area contributed by atoms with Gasteiger partial charge in [0.15, 0.2) is 5.78 Å². The molecule has 2 N–H and O–H groups in total. The van der Waals surface area contributed by atoms with Crippen molar-refractivity contribution in [3.8, 4) is 18.2 Å². The summed E-state index contributed by atoms with van der Waals surface area (Å²) in [6.07, 6.45) is 3.62. The second-order valence-electron chi connectivity index (χ2n) is 8.83. The van der Waals surface area contributed by atoms with Gasteiger partial charge in [-0.1, -0.05) is 84.9 Å². The van der Waals surface area contributed by atoms with Gasteiger partial charge in [0.05, 0.1) is 35.5 Å². The Hall–Kier alpha value is -5.12. The summed E-state index contributed by atoms with van der Waals surface area (Å²) in [7, 11) is 0. The van der Waals surface area contributed by atoms with Gasteiger partial charge in [0.2, 0.25) is 5.41 Å². The number of nitriles is 3. The summed E-state index contributed by atoms with van der Waals surface area (Å²) in [6, 6.07) is 30.1. The van der Waals surface area contributed by atoms with Gasteiger partial charge in [-0.05, 0) is 22.8 Å². The summed E-state index contributed by atoms with van der Waals surface area (Å²) < 4.78 is 0. The zero-order valence-corrected chi connectivity index (χ0v) is 19.2. The van der Waals surface area contributed by atoms with Crippen LogP contribution in [0.5, 0.6) is 0 Å². The fraction of sp³-hybridized carbons (Fsp3) is 0.133. The number of fused-ring (bicyclic) bond motifs is 3. The molecule has 0 bridgehead atoms. The molecule has 3 atom stereocenters. The van der Waals surface area contributed by atoms with E-state index < -0.39 is 23.4 Å². The third-order valence-electron chi connectivity index (χ3n) is 7.05. The van der Waals surface area contributed by atoms with Crippen LogP contribution >= 0.6 is 0 Å². The third-order valence-corrected chi connectivity index (χ3v) is 7.05. The van der Waals surface area contributed by atoms with Crippen molar-refractivity contribution in [3.05, 3.63) is 125 Å². The summed E-state index contributed by atoms with van der Waals surface area (Å²) >= 11 is 0. The predicted molar refractivity (Wildman–Crippen MR) is 134 cm³/mol. The molecule has 0 radical (unpaired) electrons.